The first-order chi connectivity index (χ1) is 19.8. The van der Waals surface area contributed by atoms with E-state index in [-0.39, 0.29) is 30.6 Å². The summed E-state index contributed by atoms with van der Waals surface area (Å²) in [5.74, 6) is 0.214. The summed E-state index contributed by atoms with van der Waals surface area (Å²) in [6, 6.07) is 10.4. The van der Waals surface area contributed by atoms with Crippen LogP contribution in [0.2, 0.25) is 0 Å². The highest BCUT2D eigenvalue weighted by molar-refractivity contribution is 5.98. The third-order valence-corrected chi connectivity index (χ3v) is 7.78. The number of aliphatic hydroxyl groups excluding tert-OH is 1. The molecule has 7 nitrogen and oxygen atoms in total. The van der Waals surface area contributed by atoms with Crippen molar-refractivity contribution in [3.05, 3.63) is 59.2 Å². The van der Waals surface area contributed by atoms with Crippen molar-refractivity contribution in [2.75, 3.05) is 52.3 Å². The Kier molecular flexibility index (Phi) is 12.1. The monoisotopic (exact) mass is 593 g/mol. The van der Waals surface area contributed by atoms with Gasteiger partial charge in [-0.25, -0.2) is 0 Å². The molecule has 10 heteroatoms. The molecule has 1 aliphatic heterocycles. The minimum atomic E-state index is -4.37. The number of hydrogen-bond acceptors (Lipinski definition) is 6. The summed E-state index contributed by atoms with van der Waals surface area (Å²) in [7, 11) is 5.74. The predicted octanol–water partition coefficient (Wildman–Crippen LogP) is 5.70. The Morgan fingerprint density at radius 2 is 1.76 bits per heavy atom. The predicted molar refractivity (Wildman–Crippen MR) is 159 cm³/mol. The summed E-state index contributed by atoms with van der Waals surface area (Å²) in [6.45, 7) is 7.52. The maximum Gasteiger partial charge on any atom is 0.416 e. The Bertz CT molecular complexity index is 1140. The summed E-state index contributed by atoms with van der Waals surface area (Å²) >= 11 is 0. The molecule has 0 aliphatic carbocycles. The summed E-state index contributed by atoms with van der Waals surface area (Å²) in [4.78, 5) is 19.7. The van der Waals surface area contributed by atoms with Gasteiger partial charge in [0.25, 0.3) is 5.91 Å². The van der Waals surface area contributed by atoms with Crippen molar-refractivity contribution in [1.29, 1.82) is 0 Å². The molecule has 0 bridgehead atoms. The van der Waals surface area contributed by atoms with Crippen LogP contribution in [0.15, 0.2) is 42.5 Å². The molecule has 0 aromatic heterocycles. The molecule has 0 unspecified atom stereocenters. The molecule has 1 N–H and O–H groups in total. The van der Waals surface area contributed by atoms with E-state index in [9.17, 15) is 23.1 Å². The third-order valence-electron chi connectivity index (χ3n) is 7.78. The standard InChI is InChI=1S/C32H46F3N3O4/c1-22-18-38(23(2)21-39)31(40)28-17-27(36(4)5)14-15-29(28)42-24(3)9-7-8-16-41-30(22)20-37(6)19-25-10-12-26(13-11-25)32(33,34)35/h10-15,17,22-24,30,39H,7-9,16,18-21H2,1-6H3/t22-,23-,24-,30-/m1/s1. The van der Waals surface area contributed by atoms with Crippen LogP contribution in [0.25, 0.3) is 0 Å². The molecule has 42 heavy (non-hydrogen) atoms. The third kappa shape index (κ3) is 9.34. The molecule has 0 fully saturated rings. The number of carbonyl (C=O) groups excluding carboxylic acids is 1. The van der Waals surface area contributed by atoms with Crippen LogP contribution in [0.5, 0.6) is 5.75 Å². The number of hydrogen-bond donors (Lipinski definition) is 1. The van der Waals surface area contributed by atoms with Gasteiger partial charge in [0.05, 0.1) is 36.0 Å². The van der Waals surface area contributed by atoms with E-state index in [0.717, 1.165) is 42.6 Å². The Hall–Kier alpha value is -2.82. The molecule has 0 spiro atoms. The molecule has 2 aromatic carbocycles. The highest BCUT2D eigenvalue weighted by Crippen LogP contribution is 2.30. The highest BCUT2D eigenvalue weighted by atomic mass is 19.4. The topological polar surface area (TPSA) is 65.5 Å². The van der Waals surface area contributed by atoms with E-state index in [1.807, 2.05) is 69.9 Å². The van der Waals surface area contributed by atoms with Gasteiger partial charge in [0.2, 0.25) is 0 Å². The SMILES string of the molecule is C[C@@H]1CCCCO[C@H](CN(C)Cc2ccc(C(F)(F)F)cc2)[C@H](C)CN([C@H](C)CO)C(=O)c2cc(N(C)C)ccc2O1. The van der Waals surface area contributed by atoms with E-state index in [2.05, 4.69) is 0 Å². The van der Waals surface area contributed by atoms with Crippen LogP contribution in [-0.2, 0) is 17.5 Å². The van der Waals surface area contributed by atoms with E-state index < -0.39 is 17.8 Å². The average molecular weight is 594 g/mol. The number of ether oxygens (including phenoxy) is 2. The first-order valence-corrected chi connectivity index (χ1v) is 14.7. The van der Waals surface area contributed by atoms with Crippen molar-refractivity contribution in [3.8, 4) is 5.75 Å². The molecule has 234 valence electrons. The fourth-order valence-corrected chi connectivity index (χ4v) is 5.13. The van der Waals surface area contributed by atoms with Crippen molar-refractivity contribution in [2.24, 2.45) is 5.92 Å². The molecule has 3 rings (SSSR count). The van der Waals surface area contributed by atoms with E-state index >= 15 is 0 Å². The number of amides is 1. The first kappa shape index (κ1) is 33.7. The fraction of sp³-hybridized carbons (Fsp3) is 0.594. The number of fused-ring (bicyclic) bond motifs is 1. The normalized spacial score (nSPS) is 21.8. The van der Waals surface area contributed by atoms with Crippen LogP contribution < -0.4 is 9.64 Å². The lowest BCUT2D eigenvalue weighted by molar-refractivity contribution is -0.137. The molecule has 0 saturated carbocycles. The number of alkyl halides is 3. The van der Waals surface area contributed by atoms with E-state index in [0.29, 0.717) is 37.6 Å². The average Bonchev–Trinajstić information content (AvgIpc) is 2.93. The van der Waals surface area contributed by atoms with Crippen molar-refractivity contribution in [2.45, 2.75) is 71.0 Å². The Morgan fingerprint density at radius 1 is 1.07 bits per heavy atom. The lowest BCUT2D eigenvalue weighted by Gasteiger charge is -2.36. The number of carbonyl (C=O) groups is 1. The summed E-state index contributed by atoms with van der Waals surface area (Å²) in [5, 5.41) is 10.1. The maximum atomic E-state index is 14.1. The van der Waals surface area contributed by atoms with Gasteiger partial charge < -0.3 is 24.4 Å². The van der Waals surface area contributed by atoms with Gasteiger partial charge in [0, 0.05) is 51.9 Å². The van der Waals surface area contributed by atoms with E-state index in [1.54, 1.807) is 4.90 Å². The summed E-state index contributed by atoms with van der Waals surface area (Å²) in [5.41, 5.74) is 1.43. The number of rotatable bonds is 7. The molecule has 1 aliphatic rings. The second-order valence-electron chi connectivity index (χ2n) is 11.8. The second-order valence-corrected chi connectivity index (χ2v) is 11.8. The van der Waals surface area contributed by atoms with Crippen molar-refractivity contribution >= 4 is 11.6 Å². The van der Waals surface area contributed by atoms with Gasteiger partial charge in [-0.05, 0) is 76.1 Å². The van der Waals surface area contributed by atoms with Gasteiger partial charge in [0.15, 0.2) is 0 Å². The number of aliphatic hydroxyl groups is 1. The molecule has 0 radical (unpaired) electrons. The second kappa shape index (κ2) is 15.1. The minimum absolute atomic E-state index is 0.0960. The molecule has 4 atom stereocenters. The van der Waals surface area contributed by atoms with Crippen molar-refractivity contribution in [3.63, 3.8) is 0 Å². The van der Waals surface area contributed by atoms with Gasteiger partial charge in [-0.2, -0.15) is 13.2 Å². The Balaban J connectivity index is 1.86. The summed E-state index contributed by atoms with van der Waals surface area (Å²) < 4.78 is 51.6. The number of anilines is 1. The van der Waals surface area contributed by atoms with Crippen molar-refractivity contribution in [1.82, 2.24) is 9.80 Å². The number of nitrogens with zero attached hydrogens (tertiary/aromatic N) is 3. The van der Waals surface area contributed by atoms with Gasteiger partial charge in [-0.1, -0.05) is 19.1 Å². The zero-order valence-electron chi connectivity index (χ0n) is 25.7. The number of likely N-dealkylation sites (N-methyl/N-ethyl adjacent to an activating group) is 1. The first-order valence-electron chi connectivity index (χ1n) is 14.7. The minimum Gasteiger partial charge on any atom is -0.490 e. The van der Waals surface area contributed by atoms with Crippen LogP contribution in [0.3, 0.4) is 0 Å². The molecule has 0 saturated heterocycles. The molecule has 2 aromatic rings. The quantitative estimate of drug-likeness (QED) is 0.445. The van der Waals surface area contributed by atoms with Crippen LogP contribution in [0.4, 0.5) is 18.9 Å². The van der Waals surface area contributed by atoms with Gasteiger partial charge in [0.1, 0.15) is 5.75 Å². The fourth-order valence-electron chi connectivity index (χ4n) is 5.13. The van der Waals surface area contributed by atoms with Gasteiger partial charge in [-0.15, -0.1) is 0 Å². The lowest BCUT2D eigenvalue weighted by Crippen LogP contribution is -2.47. The molecular weight excluding hydrogens is 547 g/mol. The van der Waals surface area contributed by atoms with Crippen LogP contribution in [-0.4, -0.2) is 86.5 Å². The van der Waals surface area contributed by atoms with Gasteiger partial charge in [-0.3, -0.25) is 9.69 Å². The Labute approximate surface area is 248 Å². The smallest absolute Gasteiger partial charge is 0.416 e. The van der Waals surface area contributed by atoms with E-state index in [1.165, 1.54) is 12.1 Å². The maximum absolute atomic E-state index is 14.1. The van der Waals surface area contributed by atoms with E-state index in [4.69, 9.17) is 9.47 Å². The Morgan fingerprint density at radius 3 is 2.38 bits per heavy atom. The highest BCUT2D eigenvalue weighted by Gasteiger charge is 2.31. The molecule has 1 amide bonds. The lowest BCUT2D eigenvalue weighted by atomic mass is 10.0. The molecular formula is C32H46F3N3O4. The largest absolute Gasteiger partial charge is 0.490 e. The number of benzene rings is 2. The zero-order valence-corrected chi connectivity index (χ0v) is 25.7. The van der Waals surface area contributed by atoms with Crippen LogP contribution in [0, 0.1) is 5.92 Å². The molecule has 1 heterocycles. The number of halogens is 3. The van der Waals surface area contributed by atoms with Gasteiger partial charge >= 0.3 is 6.18 Å². The van der Waals surface area contributed by atoms with Crippen LogP contribution >= 0.6 is 0 Å². The summed E-state index contributed by atoms with van der Waals surface area (Å²) in [6.07, 6.45) is -2.16. The van der Waals surface area contributed by atoms with Crippen LogP contribution in [0.1, 0.15) is 61.5 Å². The van der Waals surface area contributed by atoms with Crippen molar-refractivity contribution < 1.29 is 32.5 Å². The zero-order chi connectivity index (χ0) is 31.0.